The van der Waals surface area contributed by atoms with E-state index in [9.17, 15) is 0 Å². The Morgan fingerprint density at radius 3 is 2.35 bits per heavy atom. The Kier molecular flexibility index (Phi) is 6.59. The van der Waals surface area contributed by atoms with Crippen molar-refractivity contribution in [3.8, 4) is 0 Å². The van der Waals surface area contributed by atoms with Crippen LogP contribution in [-0.2, 0) is 6.42 Å². The number of thioether (sulfide) groups is 1. The van der Waals surface area contributed by atoms with Gasteiger partial charge in [-0.15, -0.1) is 0 Å². The van der Waals surface area contributed by atoms with Crippen molar-refractivity contribution in [2.75, 3.05) is 23.9 Å². The first-order chi connectivity index (χ1) is 9.51. The predicted octanol–water partition coefficient (Wildman–Crippen LogP) is 3.65. The van der Waals surface area contributed by atoms with Gasteiger partial charge in [-0.25, -0.2) is 9.97 Å². The maximum absolute atomic E-state index is 5.99. The van der Waals surface area contributed by atoms with Crippen LogP contribution in [0.25, 0.3) is 0 Å². The summed E-state index contributed by atoms with van der Waals surface area (Å²) in [5.41, 5.74) is 6.94. The molecule has 0 aromatic carbocycles. The lowest BCUT2D eigenvalue weighted by Gasteiger charge is -2.30. The summed E-state index contributed by atoms with van der Waals surface area (Å²) in [7, 11) is 0. The number of hydrogen-bond donors (Lipinski definition) is 2. The first-order valence-corrected chi connectivity index (χ1v) is 8.66. The van der Waals surface area contributed by atoms with Crippen LogP contribution in [0.3, 0.4) is 0 Å². The molecule has 4 nitrogen and oxygen atoms in total. The third-order valence-electron chi connectivity index (χ3n) is 4.00. The molecule has 1 aromatic rings. The molecule has 0 amide bonds. The number of nitrogens with zero attached hydrogens (tertiary/aromatic N) is 2. The van der Waals surface area contributed by atoms with Crippen molar-refractivity contribution in [3.05, 3.63) is 11.4 Å². The van der Waals surface area contributed by atoms with E-state index >= 15 is 0 Å². The maximum atomic E-state index is 5.99. The summed E-state index contributed by atoms with van der Waals surface area (Å²) in [6.07, 6.45) is 6.35. The summed E-state index contributed by atoms with van der Waals surface area (Å²) in [6.45, 7) is 9.49. The zero-order valence-corrected chi connectivity index (χ0v) is 14.2. The molecule has 0 aliphatic heterocycles. The lowest BCUT2D eigenvalue weighted by molar-refractivity contribution is 0.573. The van der Waals surface area contributed by atoms with Crippen molar-refractivity contribution in [1.82, 2.24) is 9.97 Å². The summed E-state index contributed by atoms with van der Waals surface area (Å²) in [6, 6.07) is 0. The van der Waals surface area contributed by atoms with E-state index in [1.165, 1.54) is 0 Å². The Bertz CT molecular complexity index is 422. The molecule has 0 saturated heterocycles. The standard InChI is InChI=1S/C15H28N4S/c1-6-9-12-18-13(16)11(4)14(19-12)17-10-15(7-2,8-3)20-5/h6-10H2,1-5H3,(H3,16,17,18,19). The van der Waals surface area contributed by atoms with Gasteiger partial charge in [-0.3, -0.25) is 0 Å². The van der Waals surface area contributed by atoms with Crippen LogP contribution in [-0.4, -0.2) is 27.5 Å². The van der Waals surface area contributed by atoms with Crippen molar-refractivity contribution in [2.24, 2.45) is 0 Å². The summed E-state index contributed by atoms with van der Waals surface area (Å²) in [5, 5.41) is 3.49. The number of aromatic nitrogens is 2. The Morgan fingerprint density at radius 1 is 1.20 bits per heavy atom. The lowest BCUT2D eigenvalue weighted by Crippen LogP contribution is -2.32. The summed E-state index contributed by atoms with van der Waals surface area (Å²) < 4.78 is 0.261. The van der Waals surface area contributed by atoms with Crippen LogP contribution in [0.2, 0.25) is 0 Å². The highest BCUT2D eigenvalue weighted by Crippen LogP contribution is 2.31. The number of rotatable bonds is 8. The van der Waals surface area contributed by atoms with E-state index in [2.05, 4.69) is 42.3 Å². The largest absolute Gasteiger partial charge is 0.383 e. The van der Waals surface area contributed by atoms with Gasteiger partial charge in [0.05, 0.1) is 0 Å². The fourth-order valence-electron chi connectivity index (χ4n) is 2.20. The van der Waals surface area contributed by atoms with Crippen LogP contribution in [0.5, 0.6) is 0 Å². The molecule has 1 aromatic heterocycles. The predicted molar refractivity (Wildman–Crippen MR) is 90.5 cm³/mol. The molecule has 0 spiro atoms. The Hall–Kier alpha value is -0.970. The molecule has 3 N–H and O–H groups in total. The first-order valence-electron chi connectivity index (χ1n) is 7.43. The minimum Gasteiger partial charge on any atom is -0.383 e. The topological polar surface area (TPSA) is 63.8 Å². The molecular weight excluding hydrogens is 268 g/mol. The van der Waals surface area contributed by atoms with Crippen LogP contribution in [0.15, 0.2) is 0 Å². The second-order valence-corrected chi connectivity index (χ2v) is 6.47. The van der Waals surface area contributed by atoms with Gasteiger partial charge in [-0.05, 0) is 32.4 Å². The number of aryl methyl sites for hydroxylation is 1. The van der Waals surface area contributed by atoms with E-state index in [1.54, 1.807) is 0 Å². The van der Waals surface area contributed by atoms with Crippen LogP contribution in [0.1, 0.15) is 51.4 Å². The van der Waals surface area contributed by atoms with Crippen molar-refractivity contribution in [3.63, 3.8) is 0 Å². The van der Waals surface area contributed by atoms with Crippen LogP contribution >= 0.6 is 11.8 Å². The highest BCUT2D eigenvalue weighted by Gasteiger charge is 2.25. The molecule has 114 valence electrons. The van der Waals surface area contributed by atoms with Gasteiger partial charge in [0.2, 0.25) is 0 Å². The number of nitrogens with two attached hydrogens (primary N) is 1. The molecular formula is C15H28N4S. The highest BCUT2D eigenvalue weighted by atomic mass is 32.2. The van der Waals surface area contributed by atoms with Crippen molar-refractivity contribution in [1.29, 1.82) is 0 Å². The van der Waals surface area contributed by atoms with E-state index < -0.39 is 0 Å². The highest BCUT2D eigenvalue weighted by molar-refractivity contribution is 8.00. The van der Waals surface area contributed by atoms with Gasteiger partial charge < -0.3 is 11.1 Å². The van der Waals surface area contributed by atoms with Crippen molar-refractivity contribution in [2.45, 2.75) is 58.1 Å². The molecule has 0 bridgehead atoms. The van der Waals surface area contributed by atoms with Gasteiger partial charge >= 0.3 is 0 Å². The normalized spacial score (nSPS) is 11.7. The average molecular weight is 296 g/mol. The molecule has 20 heavy (non-hydrogen) atoms. The third kappa shape index (κ3) is 4.01. The van der Waals surface area contributed by atoms with Gasteiger partial charge in [0.25, 0.3) is 0 Å². The lowest BCUT2D eigenvalue weighted by atomic mass is 10.0. The SMILES string of the molecule is CCCc1nc(N)c(C)c(NCC(CC)(CC)SC)n1. The Balaban J connectivity index is 2.91. The third-order valence-corrected chi connectivity index (χ3v) is 5.59. The summed E-state index contributed by atoms with van der Waals surface area (Å²) >= 11 is 1.92. The summed E-state index contributed by atoms with van der Waals surface area (Å²) in [5.74, 6) is 2.32. The molecule has 1 rings (SSSR count). The van der Waals surface area contributed by atoms with Gasteiger partial charge in [-0.2, -0.15) is 11.8 Å². The van der Waals surface area contributed by atoms with Crippen molar-refractivity contribution >= 4 is 23.4 Å². The molecule has 0 unspecified atom stereocenters. The zero-order chi connectivity index (χ0) is 15.2. The molecule has 0 fully saturated rings. The van der Waals surface area contributed by atoms with Gasteiger partial charge in [0.15, 0.2) is 0 Å². The summed E-state index contributed by atoms with van der Waals surface area (Å²) in [4.78, 5) is 8.97. The van der Waals surface area contributed by atoms with Crippen LogP contribution < -0.4 is 11.1 Å². The molecule has 0 radical (unpaired) electrons. The van der Waals surface area contributed by atoms with Crippen LogP contribution in [0.4, 0.5) is 11.6 Å². The zero-order valence-electron chi connectivity index (χ0n) is 13.4. The fraction of sp³-hybridized carbons (Fsp3) is 0.733. The molecule has 0 aliphatic carbocycles. The van der Waals surface area contributed by atoms with Gasteiger partial charge in [-0.1, -0.05) is 20.8 Å². The number of hydrogen-bond acceptors (Lipinski definition) is 5. The maximum Gasteiger partial charge on any atom is 0.134 e. The van der Waals surface area contributed by atoms with E-state index in [0.29, 0.717) is 5.82 Å². The van der Waals surface area contributed by atoms with E-state index in [4.69, 9.17) is 5.73 Å². The smallest absolute Gasteiger partial charge is 0.134 e. The van der Waals surface area contributed by atoms with Crippen molar-refractivity contribution < 1.29 is 0 Å². The molecule has 0 aliphatic rings. The van der Waals surface area contributed by atoms with Gasteiger partial charge in [0, 0.05) is 23.3 Å². The number of nitrogens with one attached hydrogen (secondary N) is 1. The average Bonchev–Trinajstić information content (AvgIpc) is 2.46. The van der Waals surface area contributed by atoms with Gasteiger partial charge in [0.1, 0.15) is 17.5 Å². The molecule has 5 heteroatoms. The molecule has 0 saturated carbocycles. The minimum absolute atomic E-state index is 0.261. The monoisotopic (exact) mass is 296 g/mol. The molecule has 0 atom stereocenters. The second-order valence-electron chi connectivity index (χ2n) is 5.20. The van der Waals surface area contributed by atoms with Crippen LogP contribution in [0, 0.1) is 6.92 Å². The minimum atomic E-state index is 0.261. The Labute approximate surface area is 127 Å². The number of anilines is 2. The van der Waals surface area contributed by atoms with E-state index in [-0.39, 0.29) is 4.75 Å². The van der Waals surface area contributed by atoms with E-state index in [1.807, 2.05) is 18.7 Å². The number of nitrogen functional groups attached to an aromatic ring is 1. The fourth-order valence-corrected chi connectivity index (χ4v) is 2.99. The quantitative estimate of drug-likeness (QED) is 0.766. The first kappa shape index (κ1) is 17.1. The second kappa shape index (κ2) is 7.72. The molecule has 1 heterocycles. The Morgan fingerprint density at radius 2 is 1.85 bits per heavy atom. The van der Waals surface area contributed by atoms with E-state index in [0.717, 1.165) is 49.4 Å².